The lowest BCUT2D eigenvalue weighted by molar-refractivity contribution is -0.150. The molecule has 4 aliphatic carbocycles. The van der Waals surface area contributed by atoms with Gasteiger partial charge in [-0.25, -0.2) is 4.98 Å². The summed E-state index contributed by atoms with van der Waals surface area (Å²) in [5.41, 5.74) is 0.0663. The number of fused-ring (bicyclic) bond motifs is 5. The van der Waals surface area contributed by atoms with Gasteiger partial charge in [-0.2, -0.15) is 5.10 Å². The Kier molecular flexibility index (Phi) is 4.51. The van der Waals surface area contributed by atoms with Crippen LogP contribution in [0.1, 0.15) is 84.4 Å². The molecule has 5 nitrogen and oxygen atoms in total. The highest BCUT2D eigenvalue weighted by Crippen LogP contribution is 2.68. The summed E-state index contributed by atoms with van der Waals surface area (Å²) < 4.78 is 0. The lowest BCUT2D eigenvalue weighted by atomic mass is 9.44. The zero-order valence-corrected chi connectivity index (χ0v) is 18.3. The number of ketones is 1. The van der Waals surface area contributed by atoms with Gasteiger partial charge in [0, 0.05) is 5.92 Å². The molecule has 1 aromatic rings. The number of hydrogen-bond acceptors (Lipinski definition) is 4. The predicted octanol–water partition coefficient (Wildman–Crippen LogP) is 4.33. The van der Waals surface area contributed by atoms with Crippen LogP contribution in [0.2, 0.25) is 0 Å². The van der Waals surface area contributed by atoms with Crippen LogP contribution in [0.15, 0.2) is 6.33 Å². The maximum Gasteiger partial charge on any atom is 0.157 e. The van der Waals surface area contributed by atoms with Gasteiger partial charge in [-0.15, -0.1) is 0 Å². The number of nitrogens with one attached hydrogen (secondary N) is 1. The van der Waals surface area contributed by atoms with Crippen LogP contribution in [0.5, 0.6) is 0 Å². The van der Waals surface area contributed by atoms with Gasteiger partial charge in [0.25, 0.3) is 0 Å². The zero-order chi connectivity index (χ0) is 20.4. The van der Waals surface area contributed by atoms with Crippen molar-refractivity contribution < 1.29 is 9.90 Å². The minimum atomic E-state index is -0.467. The molecule has 0 aromatic carbocycles. The molecular formula is C24H37N3O2. The largest absolute Gasteiger partial charge is 0.390 e. The first kappa shape index (κ1) is 19.7. The summed E-state index contributed by atoms with van der Waals surface area (Å²) in [4.78, 5) is 17.4. The van der Waals surface area contributed by atoms with Crippen LogP contribution in [-0.2, 0) is 11.2 Å². The summed E-state index contributed by atoms with van der Waals surface area (Å²) in [6.07, 6.45) is 12.3. The molecule has 4 saturated carbocycles. The summed E-state index contributed by atoms with van der Waals surface area (Å²) in [7, 11) is 0. The molecule has 0 saturated heterocycles. The van der Waals surface area contributed by atoms with Gasteiger partial charge in [0.2, 0.25) is 0 Å². The van der Waals surface area contributed by atoms with Gasteiger partial charge in [-0.3, -0.25) is 9.89 Å². The van der Waals surface area contributed by atoms with E-state index in [0.29, 0.717) is 35.3 Å². The zero-order valence-electron chi connectivity index (χ0n) is 18.3. The number of carbonyl (C=O) groups excluding carboxylic acids is 1. The molecule has 0 bridgehead atoms. The minimum Gasteiger partial charge on any atom is -0.390 e. The Bertz CT molecular complexity index is 775. The number of H-pyrrole nitrogens is 1. The van der Waals surface area contributed by atoms with E-state index in [-0.39, 0.29) is 11.3 Å². The molecule has 0 radical (unpaired) electrons. The van der Waals surface area contributed by atoms with Crippen molar-refractivity contribution in [1.29, 1.82) is 0 Å². The quantitative estimate of drug-likeness (QED) is 0.793. The monoisotopic (exact) mass is 399 g/mol. The van der Waals surface area contributed by atoms with Gasteiger partial charge in [-0.05, 0) is 99.2 Å². The highest BCUT2D eigenvalue weighted by Gasteiger charge is 2.61. The van der Waals surface area contributed by atoms with Crippen LogP contribution in [0.4, 0.5) is 0 Å². The Morgan fingerprint density at radius 3 is 2.62 bits per heavy atom. The molecule has 1 heterocycles. The van der Waals surface area contributed by atoms with Gasteiger partial charge in [0.1, 0.15) is 12.1 Å². The van der Waals surface area contributed by atoms with Gasteiger partial charge in [0.05, 0.1) is 12.0 Å². The summed E-state index contributed by atoms with van der Waals surface area (Å²) in [6.45, 7) is 6.99. The molecule has 5 rings (SSSR count). The SMILES string of the molecule is C[C@@]1(O)CC[C@@]2(C)[C@@H](CC[C@@H]3[C@@H]2CC[C@]2(C)[C@@H](C(=O)Cc4nc[nH]n4)CC[C@@H]32)C1. The number of nitrogens with zero attached hydrogens (tertiary/aromatic N) is 2. The van der Waals surface area contributed by atoms with Crippen molar-refractivity contribution in [2.45, 2.75) is 90.6 Å². The van der Waals surface area contributed by atoms with Crippen molar-refractivity contribution in [3.05, 3.63) is 12.2 Å². The molecule has 29 heavy (non-hydrogen) atoms. The molecule has 1 aromatic heterocycles. The predicted molar refractivity (Wildman–Crippen MR) is 111 cm³/mol. The fourth-order valence-electron chi connectivity index (χ4n) is 8.56. The summed E-state index contributed by atoms with van der Waals surface area (Å²) >= 11 is 0. The molecule has 0 aliphatic heterocycles. The number of Topliss-reactive ketones (excluding diaryl/α,β-unsaturated/α-hetero) is 1. The minimum absolute atomic E-state index is 0.151. The molecule has 2 N–H and O–H groups in total. The van der Waals surface area contributed by atoms with E-state index in [0.717, 1.165) is 31.1 Å². The van der Waals surface area contributed by atoms with Gasteiger partial charge < -0.3 is 5.11 Å². The number of hydrogen-bond donors (Lipinski definition) is 2. The average Bonchev–Trinajstić information content (AvgIpc) is 3.29. The highest BCUT2D eigenvalue weighted by atomic mass is 16.3. The summed E-state index contributed by atoms with van der Waals surface area (Å²) in [5, 5.41) is 17.5. The lowest BCUT2D eigenvalue weighted by Gasteiger charge is -2.61. The number of rotatable bonds is 3. The third kappa shape index (κ3) is 3.02. The van der Waals surface area contributed by atoms with Crippen molar-refractivity contribution in [2.24, 2.45) is 40.4 Å². The molecule has 0 unspecified atom stereocenters. The molecule has 160 valence electrons. The smallest absolute Gasteiger partial charge is 0.157 e. The standard InChI is InChI=1S/C24H37N3O2/c1-22(29)10-11-23(2)15(13-22)4-5-16-17-6-7-19(24(17,3)9-8-18(16)23)20(28)12-21-25-14-26-27-21/h14-19,29H,4-13H2,1-3H3,(H,25,26,27)/t15-,16-,17-,18-,19+,22+,23-,24-/m0/s1. The van der Waals surface area contributed by atoms with Gasteiger partial charge >= 0.3 is 0 Å². The van der Waals surface area contributed by atoms with Gasteiger partial charge in [0.15, 0.2) is 5.82 Å². The van der Waals surface area contributed by atoms with E-state index in [2.05, 4.69) is 29.0 Å². The third-order valence-corrected chi connectivity index (χ3v) is 10.1. The van der Waals surface area contributed by atoms with Crippen LogP contribution in [0, 0.1) is 40.4 Å². The fourth-order valence-corrected chi connectivity index (χ4v) is 8.56. The Hall–Kier alpha value is -1.23. The maximum absolute atomic E-state index is 13.2. The lowest BCUT2D eigenvalue weighted by Crippen LogP contribution is -2.55. The van der Waals surface area contributed by atoms with Crippen LogP contribution in [0.25, 0.3) is 0 Å². The Morgan fingerprint density at radius 1 is 1.07 bits per heavy atom. The number of aromatic nitrogens is 3. The van der Waals surface area contributed by atoms with E-state index in [1.54, 1.807) is 6.33 Å². The second-order valence-corrected chi connectivity index (χ2v) is 11.6. The van der Waals surface area contributed by atoms with Crippen molar-refractivity contribution in [2.75, 3.05) is 0 Å². The Balaban J connectivity index is 1.36. The van der Waals surface area contributed by atoms with E-state index in [4.69, 9.17) is 0 Å². The number of aliphatic hydroxyl groups is 1. The first-order valence-electron chi connectivity index (χ1n) is 11.8. The topological polar surface area (TPSA) is 78.9 Å². The number of carbonyl (C=O) groups is 1. The average molecular weight is 400 g/mol. The molecule has 5 heteroatoms. The third-order valence-electron chi connectivity index (χ3n) is 10.1. The van der Waals surface area contributed by atoms with E-state index in [9.17, 15) is 9.90 Å². The summed E-state index contributed by atoms with van der Waals surface area (Å²) in [6, 6.07) is 0. The normalized spacial score (nSPS) is 49.2. The molecule has 4 fully saturated rings. The fraction of sp³-hybridized carbons (Fsp3) is 0.875. The molecule has 4 aliphatic rings. The van der Waals surface area contributed by atoms with Crippen molar-refractivity contribution in [1.82, 2.24) is 15.2 Å². The molecule has 0 spiro atoms. The molecule has 8 atom stereocenters. The maximum atomic E-state index is 13.2. The summed E-state index contributed by atoms with van der Waals surface area (Å²) in [5.74, 6) is 4.05. The van der Waals surface area contributed by atoms with E-state index < -0.39 is 5.60 Å². The molecular weight excluding hydrogens is 362 g/mol. The highest BCUT2D eigenvalue weighted by molar-refractivity contribution is 5.83. The van der Waals surface area contributed by atoms with Crippen molar-refractivity contribution in [3.8, 4) is 0 Å². The second-order valence-electron chi connectivity index (χ2n) is 11.6. The van der Waals surface area contributed by atoms with E-state index >= 15 is 0 Å². The van der Waals surface area contributed by atoms with Crippen molar-refractivity contribution in [3.63, 3.8) is 0 Å². The van der Waals surface area contributed by atoms with Crippen LogP contribution in [0.3, 0.4) is 0 Å². The molecule has 0 amide bonds. The van der Waals surface area contributed by atoms with E-state index in [1.807, 2.05) is 6.92 Å². The van der Waals surface area contributed by atoms with Gasteiger partial charge in [-0.1, -0.05) is 13.8 Å². The first-order chi connectivity index (χ1) is 13.7. The first-order valence-corrected chi connectivity index (χ1v) is 11.8. The van der Waals surface area contributed by atoms with Crippen molar-refractivity contribution >= 4 is 5.78 Å². The van der Waals surface area contributed by atoms with Crippen LogP contribution < -0.4 is 0 Å². The van der Waals surface area contributed by atoms with Crippen LogP contribution in [-0.4, -0.2) is 31.7 Å². The van der Waals surface area contributed by atoms with Crippen LogP contribution >= 0.6 is 0 Å². The van der Waals surface area contributed by atoms with E-state index in [1.165, 1.54) is 38.5 Å². The number of aromatic amines is 1. The Morgan fingerprint density at radius 2 is 1.86 bits per heavy atom. The second kappa shape index (κ2) is 6.63. The Labute approximate surface area is 174 Å².